The van der Waals surface area contributed by atoms with Gasteiger partial charge in [-0.1, -0.05) is 63.2 Å². The maximum atomic E-state index is 6.61. The maximum absolute atomic E-state index is 6.61. The highest BCUT2D eigenvalue weighted by Crippen LogP contribution is 2.37. The first-order valence-corrected chi connectivity index (χ1v) is 13.6. The Hall–Kier alpha value is -4.71. The van der Waals surface area contributed by atoms with E-state index in [9.17, 15) is 0 Å². The van der Waals surface area contributed by atoms with Gasteiger partial charge in [-0.2, -0.15) is 0 Å². The van der Waals surface area contributed by atoms with Crippen LogP contribution < -0.4 is 19.7 Å². The first-order valence-electron chi connectivity index (χ1n) is 13.6. The largest absolute Gasteiger partial charge is 0.536 e. The predicted octanol–water partition coefficient (Wildman–Crippen LogP) is 7.49. The number of aromatic nitrogens is 2. The van der Waals surface area contributed by atoms with Gasteiger partial charge in [0.25, 0.3) is 0 Å². The standard InChI is InChI=1S/C34H30BN3O2/c1-34(2,3)23-19-24(35-37(4)30-13-7-8-14-32(30)40-35)21-26(20-23)39-25-16-17-28-27-11-5-6-12-29(27)38(31(28)22-25)33-15-9-10-18-36-33/h5-22H,1-4H3. The molecule has 7 rings (SSSR count). The minimum absolute atomic E-state index is 0.0620. The highest BCUT2D eigenvalue weighted by Gasteiger charge is 2.37. The van der Waals surface area contributed by atoms with Crippen LogP contribution in [0.3, 0.4) is 0 Å². The lowest BCUT2D eigenvalue weighted by Crippen LogP contribution is -2.47. The topological polar surface area (TPSA) is 39.5 Å². The molecule has 0 unspecified atom stereocenters. The Morgan fingerprint density at radius 2 is 1.52 bits per heavy atom. The number of hydrogen-bond donors (Lipinski definition) is 0. The number of nitrogens with zero attached hydrogens (tertiary/aromatic N) is 3. The van der Waals surface area contributed by atoms with Crippen LogP contribution in [0.4, 0.5) is 5.69 Å². The minimum Gasteiger partial charge on any atom is -0.536 e. The molecular formula is C34H30BN3O2. The van der Waals surface area contributed by atoms with E-state index < -0.39 is 0 Å². The summed E-state index contributed by atoms with van der Waals surface area (Å²) >= 11 is 0. The number of rotatable bonds is 4. The average molecular weight is 523 g/mol. The van der Waals surface area contributed by atoms with Crippen molar-refractivity contribution < 1.29 is 9.39 Å². The molecule has 2 aromatic heterocycles. The van der Waals surface area contributed by atoms with Crippen molar-refractivity contribution in [1.82, 2.24) is 9.55 Å². The molecule has 40 heavy (non-hydrogen) atoms. The Bertz CT molecular complexity index is 1870. The Morgan fingerprint density at radius 3 is 2.33 bits per heavy atom. The minimum atomic E-state index is -0.226. The second kappa shape index (κ2) is 9.20. The van der Waals surface area contributed by atoms with Gasteiger partial charge < -0.3 is 14.2 Å². The lowest BCUT2D eigenvalue weighted by atomic mass is 9.70. The highest BCUT2D eigenvalue weighted by atomic mass is 16.5. The van der Waals surface area contributed by atoms with Crippen molar-refractivity contribution in [1.29, 1.82) is 0 Å². The molecule has 4 aromatic carbocycles. The fourth-order valence-electron chi connectivity index (χ4n) is 5.60. The molecule has 0 saturated carbocycles. The van der Waals surface area contributed by atoms with Gasteiger partial charge in [-0.3, -0.25) is 4.57 Å². The maximum Gasteiger partial charge on any atom is 0.519 e. The van der Waals surface area contributed by atoms with Gasteiger partial charge in [-0.25, -0.2) is 4.98 Å². The molecule has 0 amide bonds. The second-order valence-electron chi connectivity index (χ2n) is 11.4. The third-order valence-electron chi connectivity index (χ3n) is 7.67. The Kier molecular flexibility index (Phi) is 5.60. The number of pyridine rings is 1. The molecule has 3 heterocycles. The number of hydrogen-bond acceptors (Lipinski definition) is 4. The molecule has 0 aliphatic carbocycles. The van der Waals surface area contributed by atoms with E-state index in [1.807, 2.05) is 42.6 Å². The molecule has 5 nitrogen and oxygen atoms in total. The summed E-state index contributed by atoms with van der Waals surface area (Å²) in [4.78, 5) is 6.84. The van der Waals surface area contributed by atoms with E-state index in [1.165, 1.54) is 10.9 Å². The van der Waals surface area contributed by atoms with Crippen LogP contribution in [0.15, 0.2) is 109 Å². The summed E-state index contributed by atoms with van der Waals surface area (Å²) in [6, 6.07) is 35.4. The molecule has 0 N–H and O–H groups in total. The van der Waals surface area contributed by atoms with Gasteiger partial charge in [0.15, 0.2) is 0 Å². The summed E-state index contributed by atoms with van der Waals surface area (Å²) in [7, 11) is 1.85. The monoisotopic (exact) mass is 523 g/mol. The van der Waals surface area contributed by atoms with Crippen molar-refractivity contribution in [3.8, 4) is 23.1 Å². The van der Waals surface area contributed by atoms with Crippen LogP contribution in [-0.2, 0) is 5.41 Å². The second-order valence-corrected chi connectivity index (χ2v) is 11.4. The molecule has 196 valence electrons. The van der Waals surface area contributed by atoms with Crippen LogP contribution in [-0.4, -0.2) is 23.6 Å². The molecular weight excluding hydrogens is 493 g/mol. The zero-order valence-electron chi connectivity index (χ0n) is 23.1. The van der Waals surface area contributed by atoms with E-state index in [0.717, 1.165) is 50.6 Å². The van der Waals surface area contributed by atoms with Gasteiger partial charge >= 0.3 is 7.05 Å². The van der Waals surface area contributed by atoms with E-state index in [-0.39, 0.29) is 12.5 Å². The summed E-state index contributed by atoms with van der Waals surface area (Å²) in [6.07, 6.45) is 1.83. The van der Waals surface area contributed by atoms with E-state index in [1.54, 1.807) is 0 Å². The quantitative estimate of drug-likeness (QED) is 0.225. The zero-order chi connectivity index (χ0) is 27.4. The summed E-state index contributed by atoms with van der Waals surface area (Å²) in [5.74, 6) is 3.33. The lowest BCUT2D eigenvalue weighted by molar-refractivity contribution is 0.479. The molecule has 0 radical (unpaired) electrons. The van der Waals surface area contributed by atoms with Crippen molar-refractivity contribution in [2.24, 2.45) is 0 Å². The first-order chi connectivity index (χ1) is 19.4. The number of ether oxygens (including phenoxy) is 1. The van der Waals surface area contributed by atoms with E-state index in [0.29, 0.717) is 0 Å². The van der Waals surface area contributed by atoms with Crippen molar-refractivity contribution in [3.05, 3.63) is 115 Å². The summed E-state index contributed by atoms with van der Waals surface area (Å²) in [6.45, 7) is 6.67. The van der Waals surface area contributed by atoms with Crippen molar-refractivity contribution in [2.75, 3.05) is 11.9 Å². The number of para-hydroxylation sites is 3. The normalized spacial score (nSPS) is 13.1. The average Bonchev–Trinajstić information content (AvgIpc) is 3.47. The van der Waals surface area contributed by atoms with Gasteiger partial charge in [0.2, 0.25) is 0 Å². The molecule has 6 heteroatoms. The molecule has 6 aromatic rings. The first kappa shape index (κ1) is 24.3. The molecule has 1 aliphatic rings. The number of anilines is 1. The van der Waals surface area contributed by atoms with E-state index in [4.69, 9.17) is 9.39 Å². The molecule has 0 spiro atoms. The van der Waals surface area contributed by atoms with Gasteiger partial charge in [0.1, 0.15) is 23.1 Å². The van der Waals surface area contributed by atoms with Crippen molar-refractivity contribution in [3.63, 3.8) is 0 Å². The lowest BCUT2D eigenvalue weighted by Gasteiger charge is -2.23. The Balaban J connectivity index is 1.32. The summed E-state index contributed by atoms with van der Waals surface area (Å²) in [5, 5.41) is 2.35. The molecule has 0 fully saturated rings. The van der Waals surface area contributed by atoms with Crippen LogP contribution >= 0.6 is 0 Å². The van der Waals surface area contributed by atoms with E-state index in [2.05, 4.69) is 109 Å². The molecule has 0 atom stereocenters. The third kappa shape index (κ3) is 4.08. The van der Waals surface area contributed by atoms with Crippen LogP contribution in [0, 0.1) is 0 Å². The van der Waals surface area contributed by atoms with Gasteiger partial charge in [-0.05, 0) is 78.1 Å². The number of benzene rings is 4. The zero-order valence-corrected chi connectivity index (χ0v) is 23.1. The fraction of sp³-hybridized carbons (Fsp3) is 0.147. The highest BCUT2D eigenvalue weighted by molar-refractivity contribution is 6.73. The smallest absolute Gasteiger partial charge is 0.519 e. The summed E-state index contributed by atoms with van der Waals surface area (Å²) < 4.78 is 15.2. The van der Waals surface area contributed by atoms with Crippen LogP contribution in [0.5, 0.6) is 17.2 Å². The van der Waals surface area contributed by atoms with Gasteiger partial charge in [0.05, 0.1) is 16.7 Å². The molecule has 0 saturated heterocycles. The third-order valence-corrected chi connectivity index (χ3v) is 7.67. The van der Waals surface area contributed by atoms with Crippen LogP contribution in [0.2, 0.25) is 0 Å². The predicted molar refractivity (Wildman–Crippen MR) is 165 cm³/mol. The fourth-order valence-corrected chi connectivity index (χ4v) is 5.60. The Morgan fingerprint density at radius 1 is 0.750 bits per heavy atom. The van der Waals surface area contributed by atoms with Crippen LogP contribution in [0.1, 0.15) is 26.3 Å². The van der Waals surface area contributed by atoms with Crippen molar-refractivity contribution >= 4 is 40.0 Å². The Labute approximate surface area is 234 Å². The van der Waals surface area contributed by atoms with Gasteiger partial charge in [0, 0.05) is 23.0 Å². The van der Waals surface area contributed by atoms with Gasteiger partial charge in [-0.15, -0.1) is 0 Å². The van der Waals surface area contributed by atoms with E-state index >= 15 is 0 Å². The SMILES string of the molecule is CN1B(c2cc(Oc3ccc4c5ccccc5n(-c5ccccn5)c4c3)cc(C(C)(C)C)c2)Oc2ccccc21. The summed E-state index contributed by atoms with van der Waals surface area (Å²) in [5.41, 5.74) is 5.45. The molecule has 1 aliphatic heterocycles. The van der Waals surface area contributed by atoms with Crippen molar-refractivity contribution in [2.45, 2.75) is 26.2 Å². The van der Waals surface area contributed by atoms with Crippen LogP contribution in [0.25, 0.3) is 27.6 Å². The molecule has 0 bridgehead atoms. The number of fused-ring (bicyclic) bond motifs is 4.